The summed E-state index contributed by atoms with van der Waals surface area (Å²) in [4.78, 5) is 26.6. The third-order valence-corrected chi connectivity index (χ3v) is 5.86. The van der Waals surface area contributed by atoms with Crippen LogP contribution in [-0.4, -0.2) is 23.2 Å². The van der Waals surface area contributed by atoms with Crippen molar-refractivity contribution in [1.82, 2.24) is 4.90 Å². The molecule has 2 amide bonds. The lowest BCUT2D eigenvalue weighted by atomic mass is 10.1. The second-order valence-electron chi connectivity index (χ2n) is 7.18. The molecule has 1 aliphatic heterocycles. The number of nitrogens with zero attached hydrogens (tertiary/aromatic N) is 1. The molecule has 0 atom stereocenters. The maximum Gasteiger partial charge on any atom is 0.293 e. The lowest BCUT2D eigenvalue weighted by Crippen LogP contribution is -2.27. The fourth-order valence-corrected chi connectivity index (χ4v) is 4.07. The van der Waals surface area contributed by atoms with E-state index in [9.17, 15) is 18.4 Å². The van der Waals surface area contributed by atoms with Gasteiger partial charge in [0.1, 0.15) is 18.2 Å². The van der Waals surface area contributed by atoms with Crippen molar-refractivity contribution in [3.8, 4) is 11.5 Å². The maximum absolute atomic E-state index is 13.9. The number of carbonyl (C=O) groups excluding carboxylic acids is 2. The third-order valence-electron chi connectivity index (χ3n) is 4.95. The predicted molar refractivity (Wildman–Crippen MR) is 122 cm³/mol. The van der Waals surface area contributed by atoms with Crippen molar-refractivity contribution < 1.29 is 27.8 Å². The highest BCUT2D eigenvalue weighted by atomic mass is 32.2. The summed E-state index contributed by atoms with van der Waals surface area (Å²) in [5, 5.41) is -0.403. The minimum atomic E-state index is -0.432. The molecular weight excluding hydrogens is 448 g/mol. The Labute approximate surface area is 193 Å². The topological polar surface area (TPSA) is 55.8 Å². The summed E-state index contributed by atoms with van der Waals surface area (Å²) in [6.07, 6.45) is 1.59. The summed E-state index contributed by atoms with van der Waals surface area (Å²) in [5.74, 6) is -0.366. The zero-order chi connectivity index (χ0) is 23.4. The highest BCUT2D eigenvalue weighted by Gasteiger charge is 2.35. The zero-order valence-electron chi connectivity index (χ0n) is 17.6. The van der Waals surface area contributed by atoms with E-state index in [1.807, 2.05) is 0 Å². The second kappa shape index (κ2) is 9.87. The molecule has 8 heteroatoms. The smallest absolute Gasteiger partial charge is 0.293 e. The van der Waals surface area contributed by atoms with Crippen LogP contribution in [0.25, 0.3) is 6.08 Å². The Balaban J connectivity index is 1.52. The lowest BCUT2D eigenvalue weighted by Gasteiger charge is -2.13. The first kappa shape index (κ1) is 22.5. The van der Waals surface area contributed by atoms with Gasteiger partial charge in [-0.1, -0.05) is 36.4 Å². The van der Waals surface area contributed by atoms with Gasteiger partial charge < -0.3 is 9.47 Å². The molecule has 3 aromatic rings. The quantitative estimate of drug-likeness (QED) is 0.412. The molecule has 1 aliphatic rings. The van der Waals surface area contributed by atoms with Gasteiger partial charge in [0.25, 0.3) is 11.1 Å². The van der Waals surface area contributed by atoms with E-state index < -0.39 is 11.1 Å². The number of hydrogen-bond donors (Lipinski definition) is 0. The highest BCUT2D eigenvalue weighted by molar-refractivity contribution is 8.18. The van der Waals surface area contributed by atoms with E-state index in [0.29, 0.717) is 28.2 Å². The summed E-state index contributed by atoms with van der Waals surface area (Å²) < 4.78 is 38.1. The maximum atomic E-state index is 13.9. The molecule has 0 N–H and O–H groups in total. The van der Waals surface area contributed by atoms with Crippen molar-refractivity contribution in [1.29, 1.82) is 0 Å². The van der Waals surface area contributed by atoms with Gasteiger partial charge in [0.2, 0.25) is 0 Å². The van der Waals surface area contributed by atoms with Gasteiger partial charge in [-0.2, -0.15) is 0 Å². The Morgan fingerprint density at radius 2 is 1.73 bits per heavy atom. The van der Waals surface area contributed by atoms with Crippen molar-refractivity contribution in [2.45, 2.75) is 13.2 Å². The van der Waals surface area contributed by atoms with E-state index in [-0.39, 0.29) is 29.7 Å². The molecule has 3 aromatic carbocycles. The van der Waals surface area contributed by atoms with Crippen LogP contribution in [0.2, 0.25) is 0 Å². The van der Waals surface area contributed by atoms with Gasteiger partial charge in [-0.15, -0.1) is 0 Å². The standard InChI is InChI=1S/C25H19F2NO4S/c1-31-21-11-8-17(12-22(21)32-15-18-4-2-3-5-20(18)27)13-23-24(29)28(25(30)33-23)14-16-6-9-19(26)10-7-16/h2-13H,14-15H2,1H3/b23-13-. The van der Waals surface area contributed by atoms with Crippen molar-refractivity contribution in [2.75, 3.05) is 7.11 Å². The first-order chi connectivity index (χ1) is 15.9. The van der Waals surface area contributed by atoms with Gasteiger partial charge in [0.05, 0.1) is 18.6 Å². The molecule has 0 unspecified atom stereocenters. The van der Waals surface area contributed by atoms with Crippen LogP contribution in [0.5, 0.6) is 11.5 Å². The number of amides is 2. The number of rotatable bonds is 7. The normalized spacial score (nSPS) is 14.8. The molecule has 1 heterocycles. The molecule has 0 spiro atoms. The van der Waals surface area contributed by atoms with Gasteiger partial charge >= 0.3 is 0 Å². The van der Waals surface area contributed by atoms with Crippen LogP contribution in [0.1, 0.15) is 16.7 Å². The van der Waals surface area contributed by atoms with Gasteiger partial charge in [-0.25, -0.2) is 8.78 Å². The summed E-state index contributed by atoms with van der Waals surface area (Å²) in [6.45, 7) is 0.0581. The van der Waals surface area contributed by atoms with Crippen molar-refractivity contribution in [3.63, 3.8) is 0 Å². The zero-order valence-corrected chi connectivity index (χ0v) is 18.4. The Kier molecular flexibility index (Phi) is 6.74. The van der Waals surface area contributed by atoms with Crippen LogP contribution < -0.4 is 9.47 Å². The average molecular weight is 467 g/mol. The van der Waals surface area contributed by atoms with Gasteiger partial charge in [0, 0.05) is 5.56 Å². The Bertz CT molecular complexity index is 1230. The molecule has 0 bridgehead atoms. The summed E-state index contributed by atoms with van der Waals surface area (Å²) in [6, 6.07) is 17.0. The molecule has 0 aromatic heterocycles. The molecule has 0 radical (unpaired) electrons. The SMILES string of the molecule is COc1ccc(/C=C2\SC(=O)N(Cc3ccc(F)cc3)C2=O)cc1OCc1ccccc1F. The Hall–Kier alpha value is -3.65. The largest absolute Gasteiger partial charge is 0.493 e. The number of thioether (sulfide) groups is 1. The van der Waals surface area contributed by atoms with Crippen LogP contribution in [0.4, 0.5) is 13.6 Å². The number of halogens is 2. The van der Waals surface area contributed by atoms with Gasteiger partial charge in [-0.05, 0) is 59.3 Å². The number of benzene rings is 3. The molecular formula is C25H19F2NO4S. The van der Waals surface area contributed by atoms with Crippen LogP contribution >= 0.6 is 11.8 Å². The van der Waals surface area contributed by atoms with Crippen LogP contribution in [0.15, 0.2) is 71.6 Å². The minimum absolute atomic E-state index is 0.000667. The highest BCUT2D eigenvalue weighted by Crippen LogP contribution is 2.35. The summed E-state index contributed by atoms with van der Waals surface area (Å²) in [5.41, 5.74) is 1.66. The molecule has 1 saturated heterocycles. The van der Waals surface area contributed by atoms with Gasteiger partial charge in [-0.3, -0.25) is 14.5 Å². The molecule has 0 saturated carbocycles. The molecule has 168 valence electrons. The number of imide groups is 1. The molecule has 4 rings (SSSR count). The number of ether oxygens (including phenoxy) is 2. The van der Waals surface area contributed by atoms with E-state index >= 15 is 0 Å². The third kappa shape index (κ3) is 5.23. The summed E-state index contributed by atoms with van der Waals surface area (Å²) in [7, 11) is 1.49. The molecule has 0 aliphatic carbocycles. The predicted octanol–water partition coefficient (Wildman–Crippen LogP) is 5.79. The first-order valence-electron chi connectivity index (χ1n) is 9.98. The van der Waals surface area contributed by atoms with E-state index in [0.717, 1.165) is 16.7 Å². The Morgan fingerprint density at radius 1 is 0.970 bits per heavy atom. The first-order valence-corrected chi connectivity index (χ1v) is 10.8. The Morgan fingerprint density at radius 3 is 2.45 bits per heavy atom. The monoisotopic (exact) mass is 467 g/mol. The average Bonchev–Trinajstić information content (AvgIpc) is 3.07. The van der Waals surface area contributed by atoms with E-state index in [2.05, 4.69) is 0 Å². The lowest BCUT2D eigenvalue weighted by molar-refractivity contribution is -0.123. The minimum Gasteiger partial charge on any atom is -0.493 e. The summed E-state index contributed by atoms with van der Waals surface area (Å²) >= 11 is 0.830. The van der Waals surface area contributed by atoms with Crippen LogP contribution in [0.3, 0.4) is 0 Å². The second-order valence-corrected chi connectivity index (χ2v) is 8.18. The van der Waals surface area contributed by atoms with Gasteiger partial charge in [0.15, 0.2) is 11.5 Å². The fourth-order valence-electron chi connectivity index (χ4n) is 3.23. The number of methoxy groups -OCH3 is 1. The molecule has 1 fully saturated rings. The van der Waals surface area contributed by atoms with Crippen molar-refractivity contribution in [2.24, 2.45) is 0 Å². The molecule has 5 nitrogen and oxygen atoms in total. The number of hydrogen-bond acceptors (Lipinski definition) is 5. The van der Waals surface area contributed by atoms with Crippen LogP contribution in [0, 0.1) is 11.6 Å². The van der Waals surface area contributed by atoms with E-state index in [1.54, 1.807) is 42.5 Å². The van der Waals surface area contributed by atoms with E-state index in [1.165, 1.54) is 37.4 Å². The van der Waals surface area contributed by atoms with Crippen LogP contribution in [-0.2, 0) is 17.9 Å². The van der Waals surface area contributed by atoms with E-state index in [4.69, 9.17) is 9.47 Å². The molecule has 33 heavy (non-hydrogen) atoms. The fraction of sp³-hybridized carbons (Fsp3) is 0.120. The number of carbonyl (C=O) groups is 2. The van der Waals surface area contributed by atoms with Crippen molar-refractivity contribution in [3.05, 3.63) is 100.0 Å². The van der Waals surface area contributed by atoms with Crippen molar-refractivity contribution >= 4 is 29.0 Å².